The number of carbonyl (C=O) groups is 1. The van der Waals surface area contributed by atoms with Crippen molar-refractivity contribution in [1.82, 2.24) is 5.32 Å². The first-order valence-corrected chi connectivity index (χ1v) is 8.25. The molecule has 2 rings (SSSR count). The number of esters is 1. The van der Waals surface area contributed by atoms with Crippen molar-refractivity contribution in [2.45, 2.75) is 50.0 Å². The predicted molar refractivity (Wildman–Crippen MR) is 77.4 cm³/mol. The van der Waals surface area contributed by atoms with Crippen molar-refractivity contribution in [2.24, 2.45) is 5.92 Å². The maximum atomic E-state index is 12.3. The Kier molecular flexibility index (Phi) is 5.15. The van der Waals surface area contributed by atoms with E-state index in [1.54, 1.807) is 0 Å². The van der Waals surface area contributed by atoms with Gasteiger partial charge in [-0.15, -0.1) is 0 Å². The zero-order valence-corrected chi connectivity index (χ0v) is 12.9. The Hall–Kier alpha value is -0.260. The third-order valence-corrected chi connectivity index (χ3v) is 5.82. The average Bonchev–Trinajstić information content (AvgIpc) is 3.18. The van der Waals surface area contributed by atoms with Gasteiger partial charge in [0.25, 0.3) is 0 Å². The number of rotatable bonds is 7. The van der Waals surface area contributed by atoms with Gasteiger partial charge in [0.05, 0.1) is 13.2 Å². The van der Waals surface area contributed by atoms with Crippen molar-refractivity contribution in [3.8, 4) is 0 Å². The fraction of sp³-hybridized carbons (Fsp3) is 0.929. The highest BCUT2D eigenvalue weighted by Gasteiger charge is 2.51. The lowest BCUT2D eigenvalue weighted by Crippen LogP contribution is -2.57. The van der Waals surface area contributed by atoms with E-state index in [-0.39, 0.29) is 5.97 Å². The molecule has 0 spiro atoms. The molecule has 19 heavy (non-hydrogen) atoms. The number of hydrogen-bond acceptors (Lipinski definition) is 5. The lowest BCUT2D eigenvalue weighted by molar-refractivity contribution is -0.148. The van der Waals surface area contributed by atoms with Crippen molar-refractivity contribution in [3.63, 3.8) is 0 Å². The molecule has 2 aliphatic rings. The number of methoxy groups -OCH3 is 1. The summed E-state index contributed by atoms with van der Waals surface area (Å²) in [6, 6.07) is 0. The van der Waals surface area contributed by atoms with Crippen molar-refractivity contribution in [1.29, 1.82) is 0 Å². The van der Waals surface area contributed by atoms with Gasteiger partial charge in [0.2, 0.25) is 0 Å². The second-order valence-electron chi connectivity index (χ2n) is 5.48. The van der Waals surface area contributed by atoms with Gasteiger partial charge >= 0.3 is 5.97 Å². The molecule has 4 nitrogen and oxygen atoms in total. The fourth-order valence-electron chi connectivity index (χ4n) is 2.85. The van der Waals surface area contributed by atoms with Gasteiger partial charge in [0.1, 0.15) is 5.54 Å². The second-order valence-corrected chi connectivity index (χ2v) is 6.71. The molecule has 2 fully saturated rings. The van der Waals surface area contributed by atoms with Crippen LogP contribution >= 0.6 is 11.8 Å². The number of likely N-dealkylation sites (N-methyl/N-ethyl adjacent to an activating group) is 1. The van der Waals surface area contributed by atoms with Gasteiger partial charge in [0.15, 0.2) is 0 Å². The molecule has 3 atom stereocenters. The quantitative estimate of drug-likeness (QED) is 0.724. The Morgan fingerprint density at radius 2 is 2.21 bits per heavy atom. The molecule has 0 bridgehead atoms. The summed E-state index contributed by atoms with van der Waals surface area (Å²) in [5.74, 6) is 1.12. The van der Waals surface area contributed by atoms with Gasteiger partial charge < -0.3 is 14.8 Å². The molecule has 3 unspecified atom stereocenters. The molecule has 5 heteroatoms. The minimum Gasteiger partial charge on any atom is -0.468 e. The van der Waals surface area contributed by atoms with Crippen LogP contribution in [0.1, 0.15) is 33.1 Å². The van der Waals surface area contributed by atoms with Crippen LogP contribution in [0.4, 0.5) is 0 Å². The summed E-state index contributed by atoms with van der Waals surface area (Å²) in [4.78, 5) is 12.3. The van der Waals surface area contributed by atoms with E-state index < -0.39 is 5.54 Å². The summed E-state index contributed by atoms with van der Waals surface area (Å²) in [5, 5.41) is 3.91. The molecule has 0 aromatic rings. The molecule has 110 valence electrons. The Morgan fingerprint density at radius 3 is 2.68 bits per heavy atom. The minimum atomic E-state index is -0.490. The van der Waals surface area contributed by atoms with Crippen LogP contribution in [0.25, 0.3) is 0 Å². The molecular weight excluding hydrogens is 262 g/mol. The molecule has 1 aliphatic carbocycles. The molecule has 1 saturated heterocycles. The van der Waals surface area contributed by atoms with Gasteiger partial charge in [0, 0.05) is 17.6 Å². The summed E-state index contributed by atoms with van der Waals surface area (Å²) in [6.45, 7) is 5.80. The predicted octanol–water partition coefficient (Wildman–Crippen LogP) is 1.83. The average molecular weight is 287 g/mol. The summed E-state index contributed by atoms with van der Waals surface area (Å²) in [5.41, 5.74) is -0.490. The van der Waals surface area contributed by atoms with Crippen molar-refractivity contribution in [2.75, 3.05) is 26.0 Å². The van der Waals surface area contributed by atoms with Crippen LogP contribution < -0.4 is 5.32 Å². The van der Waals surface area contributed by atoms with E-state index >= 15 is 0 Å². The van der Waals surface area contributed by atoms with E-state index in [0.29, 0.717) is 17.3 Å². The van der Waals surface area contributed by atoms with E-state index in [1.807, 2.05) is 18.7 Å². The van der Waals surface area contributed by atoms with Crippen molar-refractivity contribution < 1.29 is 14.3 Å². The van der Waals surface area contributed by atoms with Gasteiger partial charge in [-0.05, 0) is 38.6 Å². The third kappa shape index (κ3) is 3.26. The van der Waals surface area contributed by atoms with Crippen LogP contribution in [0, 0.1) is 5.92 Å². The molecule has 0 aromatic carbocycles. The smallest absolute Gasteiger partial charge is 0.327 e. The highest BCUT2D eigenvalue weighted by atomic mass is 32.2. The van der Waals surface area contributed by atoms with E-state index in [2.05, 4.69) is 12.2 Å². The second kappa shape index (κ2) is 6.46. The van der Waals surface area contributed by atoms with Crippen molar-refractivity contribution in [3.05, 3.63) is 0 Å². The number of carbonyl (C=O) groups excluding carboxylic acids is 1. The SMILES string of the molecule is CCNC(CSC1CCOC1C)(C(=O)OC)C1CC1. The summed E-state index contributed by atoms with van der Waals surface area (Å²) >= 11 is 1.86. The third-order valence-electron chi connectivity index (χ3n) is 4.15. The molecule has 1 aliphatic heterocycles. The Labute approximate surface area is 120 Å². The monoisotopic (exact) mass is 287 g/mol. The Morgan fingerprint density at radius 1 is 1.47 bits per heavy atom. The maximum Gasteiger partial charge on any atom is 0.327 e. The molecule has 1 heterocycles. The maximum absolute atomic E-state index is 12.3. The van der Waals surface area contributed by atoms with Gasteiger partial charge in [-0.2, -0.15) is 11.8 Å². The van der Waals surface area contributed by atoms with Crippen LogP contribution in [0.2, 0.25) is 0 Å². The topological polar surface area (TPSA) is 47.6 Å². The van der Waals surface area contributed by atoms with Crippen molar-refractivity contribution >= 4 is 17.7 Å². The Balaban J connectivity index is 2.01. The Bertz CT molecular complexity index is 322. The number of nitrogens with one attached hydrogen (secondary N) is 1. The molecule has 0 radical (unpaired) electrons. The summed E-state index contributed by atoms with van der Waals surface area (Å²) in [6.07, 6.45) is 3.62. The molecule has 0 amide bonds. The van der Waals surface area contributed by atoms with Crippen LogP contribution in [-0.4, -0.2) is 48.9 Å². The van der Waals surface area contributed by atoms with Crippen LogP contribution in [0.3, 0.4) is 0 Å². The normalized spacial score (nSPS) is 30.1. The summed E-state index contributed by atoms with van der Waals surface area (Å²) in [7, 11) is 1.49. The number of ether oxygens (including phenoxy) is 2. The zero-order valence-electron chi connectivity index (χ0n) is 12.1. The van der Waals surface area contributed by atoms with E-state index in [9.17, 15) is 4.79 Å². The highest BCUT2D eigenvalue weighted by molar-refractivity contribution is 8.00. The lowest BCUT2D eigenvalue weighted by Gasteiger charge is -2.33. The first kappa shape index (κ1) is 15.1. The van der Waals surface area contributed by atoms with Crippen LogP contribution in [-0.2, 0) is 14.3 Å². The van der Waals surface area contributed by atoms with E-state index in [4.69, 9.17) is 9.47 Å². The number of hydrogen-bond donors (Lipinski definition) is 1. The first-order chi connectivity index (χ1) is 9.14. The molecular formula is C14H25NO3S. The highest BCUT2D eigenvalue weighted by Crippen LogP contribution is 2.43. The molecule has 1 saturated carbocycles. The first-order valence-electron chi connectivity index (χ1n) is 7.20. The van der Waals surface area contributed by atoms with Gasteiger partial charge in [-0.1, -0.05) is 6.92 Å². The fourth-order valence-corrected chi connectivity index (χ4v) is 4.40. The summed E-state index contributed by atoms with van der Waals surface area (Å²) < 4.78 is 10.7. The minimum absolute atomic E-state index is 0.101. The van der Waals surface area contributed by atoms with Crippen LogP contribution in [0.5, 0.6) is 0 Å². The number of thioether (sulfide) groups is 1. The van der Waals surface area contributed by atoms with E-state index in [1.165, 1.54) is 7.11 Å². The molecule has 0 aromatic heterocycles. The van der Waals surface area contributed by atoms with Gasteiger partial charge in [-0.3, -0.25) is 4.79 Å². The largest absolute Gasteiger partial charge is 0.468 e. The zero-order chi connectivity index (χ0) is 13.9. The van der Waals surface area contributed by atoms with Gasteiger partial charge in [-0.25, -0.2) is 0 Å². The van der Waals surface area contributed by atoms with E-state index in [0.717, 1.165) is 38.2 Å². The molecule has 1 N–H and O–H groups in total. The van der Waals surface area contributed by atoms with Crippen LogP contribution in [0.15, 0.2) is 0 Å². The lowest BCUT2D eigenvalue weighted by atomic mass is 9.95. The standard InChI is InChI=1S/C14H25NO3S/c1-4-15-14(11-5-6-11,13(16)17-3)9-19-12-7-8-18-10(12)2/h10-12,15H,4-9H2,1-3H3.